The number of anilines is 1. The maximum atomic E-state index is 12.8. The van der Waals surface area contributed by atoms with Crippen LogP contribution in [0.25, 0.3) is 0 Å². The molecule has 0 saturated carbocycles. The van der Waals surface area contributed by atoms with Gasteiger partial charge in [0.05, 0.1) is 10.6 Å². The molecule has 1 aliphatic rings. The van der Waals surface area contributed by atoms with Crippen LogP contribution in [0.2, 0.25) is 5.02 Å². The number of nitrogens with zero attached hydrogens (tertiary/aromatic N) is 1. The molecule has 0 bridgehead atoms. The molecule has 1 N–H and O–H groups in total. The van der Waals surface area contributed by atoms with E-state index in [1.807, 2.05) is 6.92 Å². The van der Waals surface area contributed by atoms with Crippen molar-refractivity contribution in [1.82, 2.24) is 4.90 Å². The van der Waals surface area contributed by atoms with Gasteiger partial charge in [-0.15, -0.1) is 0 Å². The molecule has 1 fully saturated rings. The molecular weight excluding hydrogens is 345 g/mol. The van der Waals surface area contributed by atoms with E-state index in [0.717, 1.165) is 37.8 Å². The largest absolute Gasteiger partial charge is 0.417 e. The van der Waals surface area contributed by atoms with Crippen LogP contribution in [-0.2, 0) is 15.8 Å². The number of hydrogen-bond acceptors (Lipinski definition) is 2. The topological polar surface area (TPSA) is 49.4 Å². The Balaban J connectivity index is 2.13. The summed E-state index contributed by atoms with van der Waals surface area (Å²) in [5, 5.41) is 1.77. The van der Waals surface area contributed by atoms with Crippen LogP contribution in [0.15, 0.2) is 18.2 Å². The first-order valence-corrected chi connectivity index (χ1v) is 8.10. The molecule has 1 saturated heterocycles. The summed E-state index contributed by atoms with van der Waals surface area (Å²) in [6.07, 6.45) is -1.26. The number of halogens is 4. The molecule has 8 heteroatoms. The van der Waals surface area contributed by atoms with Gasteiger partial charge in [-0.1, -0.05) is 18.5 Å². The number of carbonyl (C=O) groups is 2. The average molecular weight is 363 g/mol. The minimum Gasteiger partial charge on any atom is -0.331 e. The molecule has 4 nitrogen and oxygen atoms in total. The summed E-state index contributed by atoms with van der Waals surface area (Å²) in [4.78, 5) is 25.9. The minimum absolute atomic E-state index is 0.00652. The lowest BCUT2D eigenvalue weighted by Gasteiger charge is -2.34. The Labute approximate surface area is 143 Å². The predicted octanol–water partition coefficient (Wildman–Crippen LogP) is 4.09. The van der Waals surface area contributed by atoms with Crippen molar-refractivity contribution in [3.05, 3.63) is 28.8 Å². The van der Waals surface area contributed by atoms with Crippen LogP contribution in [0.4, 0.5) is 18.9 Å². The van der Waals surface area contributed by atoms with Crippen LogP contribution in [0.3, 0.4) is 0 Å². The van der Waals surface area contributed by atoms with E-state index in [1.165, 1.54) is 11.0 Å². The first-order valence-electron chi connectivity index (χ1n) is 7.72. The predicted molar refractivity (Wildman–Crippen MR) is 84.7 cm³/mol. The first-order chi connectivity index (χ1) is 11.2. The van der Waals surface area contributed by atoms with Crippen LogP contribution < -0.4 is 5.32 Å². The van der Waals surface area contributed by atoms with Crippen LogP contribution in [0, 0.1) is 0 Å². The molecular formula is C16H18ClF3N2O2. The van der Waals surface area contributed by atoms with Crippen molar-refractivity contribution in [2.24, 2.45) is 0 Å². The second kappa shape index (κ2) is 7.42. The fourth-order valence-corrected chi connectivity index (χ4v) is 3.05. The Kier molecular flexibility index (Phi) is 5.74. The Morgan fingerprint density at radius 3 is 2.67 bits per heavy atom. The zero-order valence-electron chi connectivity index (χ0n) is 13.1. The molecule has 0 aliphatic carbocycles. The molecule has 1 aromatic carbocycles. The van der Waals surface area contributed by atoms with Crippen LogP contribution in [0.1, 0.15) is 38.2 Å². The fourth-order valence-electron chi connectivity index (χ4n) is 2.83. The number of hydrogen-bond donors (Lipinski definition) is 1. The Bertz CT molecular complexity index is 634. The van der Waals surface area contributed by atoms with Crippen LogP contribution in [-0.4, -0.2) is 29.3 Å². The van der Waals surface area contributed by atoms with Crippen molar-refractivity contribution in [3.8, 4) is 0 Å². The second-order valence-electron chi connectivity index (χ2n) is 5.70. The summed E-state index contributed by atoms with van der Waals surface area (Å²) >= 11 is 5.53. The third-order valence-corrected chi connectivity index (χ3v) is 4.41. The number of likely N-dealkylation sites (tertiary alicyclic amines) is 1. The average Bonchev–Trinajstić information content (AvgIpc) is 2.54. The normalized spacial score (nSPS) is 18.4. The Hall–Kier alpha value is -1.76. The van der Waals surface area contributed by atoms with E-state index >= 15 is 0 Å². The lowest BCUT2D eigenvalue weighted by atomic mass is 10.00. The Morgan fingerprint density at radius 2 is 2.04 bits per heavy atom. The third-order valence-electron chi connectivity index (χ3n) is 4.08. The standard InChI is InChI=1S/C16H18ClF3N2O2/c1-2-11-5-3-4-8-22(11)15(24)14(23)21-10-6-7-13(17)12(9-10)16(18,19)20/h6-7,9,11H,2-5,8H2,1H3,(H,21,23). The molecule has 0 aromatic heterocycles. The van der Waals surface area contributed by atoms with Crippen molar-refractivity contribution in [3.63, 3.8) is 0 Å². The first kappa shape index (κ1) is 18.6. The number of carbonyl (C=O) groups excluding carboxylic acids is 2. The van der Waals surface area contributed by atoms with E-state index in [-0.39, 0.29) is 11.7 Å². The number of nitrogens with one attached hydrogen (secondary N) is 1. The van der Waals surface area contributed by atoms with Gasteiger partial charge < -0.3 is 10.2 Å². The highest BCUT2D eigenvalue weighted by Gasteiger charge is 2.34. The van der Waals surface area contributed by atoms with Gasteiger partial charge in [0.1, 0.15) is 0 Å². The molecule has 2 amide bonds. The molecule has 1 unspecified atom stereocenters. The summed E-state index contributed by atoms with van der Waals surface area (Å²) in [6.45, 7) is 2.42. The smallest absolute Gasteiger partial charge is 0.331 e. The lowest BCUT2D eigenvalue weighted by Crippen LogP contribution is -2.48. The van der Waals surface area contributed by atoms with E-state index in [2.05, 4.69) is 5.32 Å². The highest BCUT2D eigenvalue weighted by Crippen LogP contribution is 2.36. The molecule has 1 atom stereocenters. The van der Waals surface area contributed by atoms with Gasteiger partial charge in [-0.2, -0.15) is 13.2 Å². The third kappa shape index (κ3) is 4.20. The molecule has 2 rings (SSSR count). The maximum absolute atomic E-state index is 12.8. The van der Waals surface area contributed by atoms with E-state index in [0.29, 0.717) is 6.54 Å². The van der Waals surface area contributed by atoms with Gasteiger partial charge in [0.25, 0.3) is 0 Å². The van der Waals surface area contributed by atoms with E-state index < -0.39 is 28.6 Å². The summed E-state index contributed by atoms with van der Waals surface area (Å²) < 4.78 is 38.5. The molecule has 0 spiro atoms. The molecule has 0 radical (unpaired) electrons. The summed E-state index contributed by atoms with van der Waals surface area (Å²) in [7, 11) is 0. The molecule has 24 heavy (non-hydrogen) atoms. The Morgan fingerprint density at radius 1 is 1.33 bits per heavy atom. The van der Waals surface area contributed by atoms with E-state index in [9.17, 15) is 22.8 Å². The van der Waals surface area contributed by atoms with Gasteiger partial charge in [0.2, 0.25) is 0 Å². The van der Waals surface area contributed by atoms with Crippen molar-refractivity contribution < 1.29 is 22.8 Å². The zero-order valence-corrected chi connectivity index (χ0v) is 13.9. The molecule has 1 aliphatic heterocycles. The van der Waals surface area contributed by atoms with Gasteiger partial charge in [-0.3, -0.25) is 9.59 Å². The number of amides is 2. The summed E-state index contributed by atoms with van der Waals surface area (Å²) in [5.74, 6) is -1.66. The lowest BCUT2D eigenvalue weighted by molar-refractivity contribution is -0.145. The van der Waals surface area contributed by atoms with Crippen molar-refractivity contribution in [2.75, 3.05) is 11.9 Å². The van der Waals surface area contributed by atoms with Gasteiger partial charge in [-0.05, 0) is 43.9 Å². The number of benzene rings is 1. The van der Waals surface area contributed by atoms with Crippen LogP contribution in [0.5, 0.6) is 0 Å². The quantitative estimate of drug-likeness (QED) is 0.806. The van der Waals surface area contributed by atoms with Gasteiger partial charge >= 0.3 is 18.0 Å². The highest BCUT2D eigenvalue weighted by molar-refractivity contribution is 6.39. The molecule has 1 aromatic rings. The van der Waals surface area contributed by atoms with Crippen LogP contribution >= 0.6 is 11.6 Å². The highest BCUT2D eigenvalue weighted by atomic mass is 35.5. The number of alkyl halides is 3. The second-order valence-corrected chi connectivity index (χ2v) is 6.11. The van der Waals surface area contributed by atoms with Crippen molar-refractivity contribution in [2.45, 2.75) is 44.8 Å². The SMILES string of the molecule is CCC1CCCCN1C(=O)C(=O)Nc1ccc(Cl)c(C(F)(F)F)c1. The van der Waals surface area contributed by atoms with Gasteiger partial charge in [-0.25, -0.2) is 0 Å². The number of piperidine rings is 1. The van der Waals surface area contributed by atoms with Gasteiger partial charge in [0.15, 0.2) is 0 Å². The van der Waals surface area contributed by atoms with Gasteiger partial charge in [0, 0.05) is 18.3 Å². The van der Waals surface area contributed by atoms with Crippen molar-refractivity contribution >= 4 is 29.1 Å². The summed E-state index contributed by atoms with van der Waals surface area (Å²) in [6, 6.07) is 2.99. The maximum Gasteiger partial charge on any atom is 0.417 e. The van der Waals surface area contributed by atoms with E-state index in [1.54, 1.807) is 0 Å². The monoisotopic (exact) mass is 362 g/mol. The summed E-state index contributed by atoms with van der Waals surface area (Å²) in [5.41, 5.74) is -1.17. The fraction of sp³-hybridized carbons (Fsp3) is 0.500. The number of rotatable bonds is 2. The zero-order chi connectivity index (χ0) is 17.9. The molecule has 132 valence electrons. The van der Waals surface area contributed by atoms with Crippen molar-refractivity contribution in [1.29, 1.82) is 0 Å². The minimum atomic E-state index is -4.64. The van der Waals surface area contributed by atoms with E-state index in [4.69, 9.17) is 11.6 Å². The molecule has 1 heterocycles.